The summed E-state index contributed by atoms with van der Waals surface area (Å²) in [7, 11) is 0. The Morgan fingerprint density at radius 1 is 1.40 bits per heavy atom. The normalized spacial score (nSPS) is 10.3. The van der Waals surface area contributed by atoms with Gasteiger partial charge in [0.2, 0.25) is 5.91 Å². The van der Waals surface area contributed by atoms with Gasteiger partial charge < -0.3 is 14.7 Å². The van der Waals surface area contributed by atoms with Crippen LogP contribution >= 0.6 is 15.9 Å². The molecule has 110 valence electrons. The molecule has 0 heterocycles. The zero-order valence-electron chi connectivity index (χ0n) is 11.3. The fourth-order valence-corrected chi connectivity index (χ4v) is 2.16. The summed E-state index contributed by atoms with van der Waals surface area (Å²) >= 11 is 3.35. The number of benzene rings is 1. The maximum absolute atomic E-state index is 12.0. The summed E-state index contributed by atoms with van der Waals surface area (Å²) in [4.78, 5) is 24.2. The number of ether oxygens (including phenoxy) is 1. The van der Waals surface area contributed by atoms with E-state index in [9.17, 15) is 9.59 Å². The van der Waals surface area contributed by atoms with Gasteiger partial charge in [0.05, 0.1) is 13.0 Å². The molecule has 1 rings (SSSR count). The van der Waals surface area contributed by atoms with Crippen LogP contribution in [0.2, 0.25) is 0 Å². The van der Waals surface area contributed by atoms with Crippen LogP contribution in [0.25, 0.3) is 0 Å². The molecule has 1 aromatic carbocycles. The van der Waals surface area contributed by atoms with Gasteiger partial charge in [-0.05, 0) is 24.6 Å². The van der Waals surface area contributed by atoms with Crippen LogP contribution in [0.3, 0.4) is 0 Å². The van der Waals surface area contributed by atoms with Gasteiger partial charge >= 0.3 is 5.97 Å². The summed E-state index contributed by atoms with van der Waals surface area (Å²) in [5.41, 5.74) is 0.880. The van der Waals surface area contributed by atoms with Crippen molar-refractivity contribution in [2.75, 3.05) is 19.8 Å². The molecule has 6 heteroatoms. The van der Waals surface area contributed by atoms with Gasteiger partial charge in [0.25, 0.3) is 0 Å². The second-order valence-electron chi connectivity index (χ2n) is 4.22. The Balaban J connectivity index is 2.68. The van der Waals surface area contributed by atoms with Crippen molar-refractivity contribution in [2.24, 2.45) is 0 Å². The van der Waals surface area contributed by atoms with Crippen molar-refractivity contribution in [2.45, 2.75) is 19.9 Å². The molecule has 0 fully saturated rings. The van der Waals surface area contributed by atoms with E-state index in [0.29, 0.717) is 13.2 Å². The largest absolute Gasteiger partial charge is 0.480 e. The molecular formula is C14H18BrNO4. The molecule has 0 aromatic heterocycles. The van der Waals surface area contributed by atoms with Gasteiger partial charge in [-0.25, -0.2) is 0 Å². The molecule has 1 aromatic rings. The number of halogens is 1. The first kappa shape index (κ1) is 16.7. The predicted molar refractivity (Wildman–Crippen MR) is 78.3 cm³/mol. The maximum Gasteiger partial charge on any atom is 0.323 e. The van der Waals surface area contributed by atoms with Crippen LogP contribution in [0.5, 0.6) is 0 Å². The average Bonchev–Trinajstić information content (AvgIpc) is 2.37. The number of rotatable bonds is 8. The standard InChI is InChI=1S/C14H18BrNO4/c1-2-20-7-6-13(17)16(10-14(18)19)9-11-4-3-5-12(15)8-11/h3-5,8H,2,6-7,9-10H2,1H3,(H,18,19). The smallest absolute Gasteiger partial charge is 0.323 e. The summed E-state index contributed by atoms with van der Waals surface area (Å²) in [6.45, 7) is 2.66. The Bertz CT molecular complexity index is 464. The second kappa shape index (κ2) is 8.71. The Kier molecular flexibility index (Phi) is 7.25. The van der Waals surface area contributed by atoms with Gasteiger partial charge in [0.1, 0.15) is 6.54 Å². The minimum Gasteiger partial charge on any atom is -0.480 e. The lowest BCUT2D eigenvalue weighted by Crippen LogP contribution is -2.35. The molecule has 0 unspecified atom stereocenters. The van der Waals surface area contributed by atoms with E-state index >= 15 is 0 Å². The van der Waals surface area contributed by atoms with Gasteiger partial charge in [-0.15, -0.1) is 0 Å². The van der Waals surface area contributed by atoms with Gasteiger partial charge in [-0.1, -0.05) is 28.1 Å². The van der Waals surface area contributed by atoms with E-state index in [0.717, 1.165) is 10.0 Å². The fraction of sp³-hybridized carbons (Fsp3) is 0.429. The summed E-state index contributed by atoms with van der Waals surface area (Å²) in [5, 5.41) is 8.90. The Morgan fingerprint density at radius 2 is 2.15 bits per heavy atom. The van der Waals surface area contributed by atoms with Crippen LogP contribution in [0.15, 0.2) is 28.7 Å². The summed E-state index contributed by atoms with van der Waals surface area (Å²) in [6, 6.07) is 7.45. The van der Waals surface area contributed by atoms with E-state index in [1.54, 1.807) is 0 Å². The lowest BCUT2D eigenvalue weighted by molar-refractivity contribution is -0.145. The number of carboxylic acid groups (broad SMARTS) is 1. The molecule has 5 nitrogen and oxygen atoms in total. The lowest BCUT2D eigenvalue weighted by atomic mass is 10.2. The molecule has 0 atom stereocenters. The van der Waals surface area contributed by atoms with Gasteiger partial charge in [0.15, 0.2) is 0 Å². The maximum atomic E-state index is 12.0. The second-order valence-corrected chi connectivity index (χ2v) is 5.14. The highest BCUT2D eigenvalue weighted by molar-refractivity contribution is 9.10. The summed E-state index contributed by atoms with van der Waals surface area (Å²) in [6.07, 6.45) is 0.190. The van der Waals surface area contributed by atoms with Crippen molar-refractivity contribution < 1.29 is 19.4 Å². The number of hydrogen-bond donors (Lipinski definition) is 1. The number of carboxylic acids is 1. The van der Waals surface area contributed by atoms with Crippen molar-refractivity contribution in [1.29, 1.82) is 0 Å². The SMILES string of the molecule is CCOCCC(=O)N(CC(=O)O)Cc1cccc(Br)c1. The quantitative estimate of drug-likeness (QED) is 0.735. The van der Waals surface area contributed by atoms with Crippen LogP contribution in [-0.4, -0.2) is 41.6 Å². The van der Waals surface area contributed by atoms with Gasteiger partial charge in [-0.2, -0.15) is 0 Å². The summed E-state index contributed by atoms with van der Waals surface area (Å²) < 4.78 is 6.02. The highest BCUT2D eigenvalue weighted by atomic mass is 79.9. The molecule has 0 spiro atoms. The first-order valence-electron chi connectivity index (χ1n) is 6.34. The molecule has 0 radical (unpaired) electrons. The minimum absolute atomic E-state index is 0.190. The number of aliphatic carboxylic acids is 1. The minimum atomic E-state index is -1.02. The van der Waals surface area contributed by atoms with Crippen LogP contribution < -0.4 is 0 Å². The molecular weight excluding hydrogens is 326 g/mol. The van der Waals surface area contributed by atoms with Crippen LogP contribution in [0.4, 0.5) is 0 Å². The third kappa shape index (κ3) is 6.16. The van der Waals surface area contributed by atoms with E-state index in [1.807, 2.05) is 31.2 Å². The molecule has 0 aliphatic heterocycles. The van der Waals surface area contributed by atoms with Crippen molar-refractivity contribution in [3.8, 4) is 0 Å². The molecule has 0 saturated carbocycles. The van der Waals surface area contributed by atoms with E-state index < -0.39 is 5.97 Å². The Morgan fingerprint density at radius 3 is 2.75 bits per heavy atom. The van der Waals surface area contributed by atoms with Crippen molar-refractivity contribution in [1.82, 2.24) is 4.90 Å². The summed E-state index contributed by atoms with van der Waals surface area (Å²) in [5.74, 6) is -1.24. The van der Waals surface area contributed by atoms with Crippen LogP contribution in [-0.2, 0) is 20.9 Å². The number of carbonyl (C=O) groups is 2. The first-order chi connectivity index (χ1) is 9.52. The predicted octanol–water partition coefficient (Wildman–Crippen LogP) is 2.29. The Hall–Kier alpha value is -1.40. The van der Waals surface area contributed by atoms with E-state index in [1.165, 1.54) is 4.90 Å². The van der Waals surface area contributed by atoms with Crippen LogP contribution in [0, 0.1) is 0 Å². The average molecular weight is 344 g/mol. The van der Waals surface area contributed by atoms with Gasteiger partial charge in [0, 0.05) is 17.6 Å². The molecule has 0 aliphatic carbocycles. The topological polar surface area (TPSA) is 66.8 Å². The molecule has 0 bridgehead atoms. The number of hydrogen-bond acceptors (Lipinski definition) is 3. The monoisotopic (exact) mass is 343 g/mol. The third-order valence-corrected chi connectivity index (χ3v) is 3.10. The van der Waals surface area contributed by atoms with E-state index in [-0.39, 0.29) is 25.4 Å². The van der Waals surface area contributed by atoms with E-state index in [2.05, 4.69) is 15.9 Å². The molecule has 0 saturated heterocycles. The molecule has 1 amide bonds. The zero-order chi connectivity index (χ0) is 15.0. The van der Waals surface area contributed by atoms with Crippen molar-refractivity contribution in [3.05, 3.63) is 34.3 Å². The molecule has 20 heavy (non-hydrogen) atoms. The highest BCUT2D eigenvalue weighted by Gasteiger charge is 2.17. The van der Waals surface area contributed by atoms with Gasteiger partial charge in [-0.3, -0.25) is 9.59 Å². The number of carbonyl (C=O) groups excluding carboxylic acids is 1. The van der Waals surface area contributed by atoms with E-state index in [4.69, 9.17) is 9.84 Å². The Labute approximate surface area is 126 Å². The highest BCUT2D eigenvalue weighted by Crippen LogP contribution is 2.14. The number of amides is 1. The molecule has 0 aliphatic rings. The van der Waals surface area contributed by atoms with Crippen LogP contribution in [0.1, 0.15) is 18.9 Å². The molecule has 1 N–H and O–H groups in total. The first-order valence-corrected chi connectivity index (χ1v) is 7.14. The zero-order valence-corrected chi connectivity index (χ0v) is 12.9. The van der Waals surface area contributed by atoms with Crippen molar-refractivity contribution >= 4 is 27.8 Å². The number of nitrogens with zero attached hydrogens (tertiary/aromatic N) is 1. The fourth-order valence-electron chi connectivity index (χ4n) is 1.71. The third-order valence-electron chi connectivity index (χ3n) is 2.61. The van der Waals surface area contributed by atoms with Crippen molar-refractivity contribution in [3.63, 3.8) is 0 Å². The lowest BCUT2D eigenvalue weighted by Gasteiger charge is -2.21.